The molecule has 0 atom stereocenters. The molecule has 0 saturated heterocycles. The summed E-state index contributed by atoms with van der Waals surface area (Å²) >= 11 is 1.70. The van der Waals surface area contributed by atoms with E-state index >= 15 is 0 Å². The number of nitrogens with one attached hydrogen (secondary N) is 2. The van der Waals surface area contributed by atoms with Gasteiger partial charge in [-0.3, -0.25) is 4.79 Å². The number of ether oxygens (including phenoxy) is 2. The van der Waals surface area contributed by atoms with Crippen LogP contribution in [0.15, 0.2) is 83.8 Å². The van der Waals surface area contributed by atoms with Gasteiger partial charge in [0.1, 0.15) is 17.0 Å². The zero-order valence-electron chi connectivity index (χ0n) is 22.8. The van der Waals surface area contributed by atoms with Gasteiger partial charge in [-0.15, -0.1) is 11.8 Å². The van der Waals surface area contributed by atoms with Crippen molar-refractivity contribution in [2.24, 2.45) is 0 Å². The number of carbonyl (C=O) groups is 2. The maximum Gasteiger partial charge on any atom is 0.407 e. The number of alkyl carbamates (subject to hydrolysis) is 1. The second-order valence-electron chi connectivity index (χ2n) is 9.78. The molecule has 0 bridgehead atoms. The van der Waals surface area contributed by atoms with Gasteiger partial charge in [-0.2, -0.15) is 0 Å². The summed E-state index contributed by atoms with van der Waals surface area (Å²) in [6.07, 6.45) is 4.03. The lowest BCUT2D eigenvalue weighted by molar-refractivity contribution is -0.116. The lowest BCUT2D eigenvalue weighted by atomic mass is 10.2. The number of rotatable bonds is 13. The highest BCUT2D eigenvalue weighted by atomic mass is 32.2. The van der Waals surface area contributed by atoms with Gasteiger partial charge < -0.3 is 20.1 Å². The Balaban J connectivity index is 1.55. The van der Waals surface area contributed by atoms with E-state index in [2.05, 4.69) is 34.9 Å². The minimum absolute atomic E-state index is 0.242. The topological polar surface area (TPSA) is 89.6 Å². The number of benzene rings is 2. The largest absolute Gasteiger partial charge is 0.491 e. The second kappa shape index (κ2) is 15.6. The average molecular weight is 548 g/mol. The molecule has 206 valence electrons. The Kier molecular flexibility index (Phi) is 11.9. The van der Waals surface area contributed by atoms with Gasteiger partial charge in [-0.05, 0) is 63.1 Å². The number of nitrogens with zero attached hydrogens (tertiary/aromatic N) is 1. The van der Waals surface area contributed by atoms with Crippen LogP contribution in [0.25, 0.3) is 6.08 Å². The van der Waals surface area contributed by atoms with E-state index in [0.29, 0.717) is 43.3 Å². The van der Waals surface area contributed by atoms with E-state index < -0.39 is 11.7 Å². The molecule has 3 aromatic rings. The van der Waals surface area contributed by atoms with Crippen LogP contribution >= 0.6 is 11.8 Å². The van der Waals surface area contributed by atoms with Crippen LogP contribution in [0.2, 0.25) is 0 Å². The summed E-state index contributed by atoms with van der Waals surface area (Å²) in [5.41, 5.74) is 2.15. The van der Waals surface area contributed by atoms with Crippen LogP contribution in [0.4, 0.5) is 4.79 Å². The Hall–Kier alpha value is -3.78. The maximum absolute atomic E-state index is 12.4. The van der Waals surface area contributed by atoms with Crippen LogP contribution in [-0.4, -0.2) is 42.3 Å². The van der Waals surface area contributed by atoms with E-state index in [1.54, 1.807) is 17.8 Å². The Morgan fingerprint density at radius 3 is 2.33 bits per heavy atom. The second-order valence-corrected chi connectivity index (χ2v) is 10.8. The molecule has 0 aliphatic rings. The van der Waals surface area contributed by atoms with E-state index in [4.69, 9.17) is 14.5 Å². The molecule has 0 unspecified atom stereocenters. The van der Waals surface area contributed by atoms with Crippen molar-refractivity contribution in [3.63, 3.8) is 0 Å². The van der Waals surface area contributed by atoms with Gasteiger partial charge in [-0.25, -0.2) is 9.78 Å². The predicted molar refractivity (Wildman–Crippen MR) is 157 cm³/mol. The lowest BCUT2D eigenvalue weighted by Gasteiger charge is -2.19. The number of thioether (sulfide) groups is 1. The van der Waals surface area contributed by atoms with Crippen molar-refractivity contribution >= 4 is 29.8 Å². The molecule has 0 aliphatic heterocycles. The molecule has 8 heteroatoms. The minimum atomic E-state index is -0.543. The summed E-state index contributed by atoms with van der Waals surface area (Å²) in [6.45, 7) is 6.76. The van der Waals surface area contributed by atoms with Crippen molar-refractivity contribution in [3.8, 4) is 5.75 Å². The Bertz CT molecular complexity index is 1210. The Morgan fingerprint density at radius 2 is 1.62 bits per heavy atom. The molecule has 7 nitrogen and oxygen atoms in total. The standard InChI is InChI=1S/C31H37N3O4S/c1-31(2,3)38-30(36)33-21-10-20-32-29(35)18-16-27-28(37-22-19-24-11-6-4-7-12-24)17-15-25(34-27)23-39-26-13-8-5-9-14-26/h4-9,11-18H,10,19-23H2,1-3H3,(H,32,35)(H,33,36). The first-order valence-electron chi connectivity index (χ1n) is 13.1. The van der Waals surface area contributed by atoms with Crippen LogP contribution in [0.3, 0.4) is 0 Å². The number of carbonyl (C=O) groups excluding carboxylic acids is 2. The van der Waals surface area contributed by atoms with Gasteiger partial charge in [0.15, 0.2) is 0 Å². The fourth-order valence-corrected chi connectivity index (χ4v) is 4.27. The SMILES string of the molecule is CC(C)(C)OC(=O)NCCCNC(=O)C=Cc1nc(CSc2ccccc2)ccc1OCCc1ccccc1. The zero-order valence-corrected chi connectivity index (χ0v) is 23.6. The predicted octanol–water partition coefficient (Wildman–Crippen LogP) is 6.04. The summed E-state index contributed by atoms with van der Waals surface area (Å²) in [5, 5.41) is 5.51. The molecule has 1 heterocycles. The summed E-state index contributed by atoms with van der Waals surface area (Å²) < 4.78 is 11.3. The van der Waals surface area contributed by atoms with Gasteiger partial charge in [0.25, 0.3) is 0 Å². The average Bonchev–Trinajstić information content (AvgIpc) is 2.91. The molecule has 0 radical (unpaired) electrons. The fourth-order valence-electron chi connectivity index (χ4n) is 3.44. The van der Waals surface area contributed by atoms with Crippen molar-refractivity contribution in [1.82, 2.24) is 15.6 Å². The minimum Gasteiger partial charge on any atom is -0.491 e. The molecular weight excluding hydrogens is 510 g/mol. The molecule has 3 rings (SSSR count). The number of hydrogen-bond acceptors (Lipinski definition) is 6. The summed E-state index contributed by atoms with van der Waals surface area (Å²) in [4.78, 5) is 30.1. The van der Waals surface area contributed by atoms with Gasteiger partial charge >= 0.3 is 6.09 Å². The van der Waals surface area contributed by atoms with Crippen molar-refractivity contribution in [3.05, 3.63) is 95.8 Å². The molecule has 0 aliphatic carbocycles. The molecule has 2 N–H and O–H groups in total. The smallest absolute Gasteiger partial charge is 0.407 e. The van der Waals surface area contributed by atoms with E-state index in [9.17, 15) is 9.59 Å². The van der Waals surface area contributed by atoms with E-state index in [1.165, 1.54) is 16.5 Å². The molecular formula is C31H37N3O4S. The Morgan fingerprint density at radius 1 is 0.923 bits per heavy atom. The molecule has 39 heavy (non-hydrogen) atoms. The van der Waals surface area contributed by atoms with Gasteiger partial charge in [-0.1, -0.05) is 48.5 Å². The van der Waals surface area contributed by atoms with Gasteiger partial charge in [0.05, 0.1) is 12.3 Å². The normalized spacial score (nSPS) is 11.3. The number of amides is 2. The zero-order chi connectivity index (χ0) is 27.9. The monoisotopic (exact) mass is 547 g/mol. The van der Waals surface area contributed by atoms with E-state index in [0.717, 1.165) is 12.1 Å². The summed E-state index contributed by atoms with van der Waals surface area (Å²) in [7, 11) is 0. The Labute approximate surface area is 235 Å². The molecule has 0 saturated carbocycles. The van der Waals surface area contributed by atoms with E-state index in [1.807, 2.05) is 69.3 Å². The van der Waals surface area contributed by atoms with E-state index in [-0.39, 0.29) is 5.91 Å². The molecule has 0 spiro atoms. The summed E-state index contributed by atoms with van der Waals surface area (Å²) in [6, 6.07) is 24.2. The first-order chi connectivity index (χ1) is 18.8. The third-order valence-electron chi connectivity index (χ3n) is 5.28. The van der Waals surface area contributed by atoms with Crippen LogP contribution in [0.5, 0.6) is 5.75 Å². The number of aromatic nitrogens is 1. The third kappa shape index (κ3) is 12.1. The number of hydrogen-bond donors (Lipinski definition) is 2. The van der Waals surface area contributed by atoms with Crippen molar-refractivity contribution < 1.29 is 19.1 Å². The fraction of sp³-hybridized carbons (Fsp3) is 0.323. The van der Waals surface area contributed by atoms with Gasteiger partial charge in [0, 0.05) is 36.2 Å². The molecule has 2 aromatic carbocycles. The number of pyridine rings is 1. The quantitative estimate of drug-likeness (QED) is 0.154. The lowest BCUT2D eigenvalue weighted by Crippen LogP contribution is -2.34. The van der Waals surface area contributed by atoms with Crippen molar-refractivity contribution in [1.29, 1.82) is 0 Å². The molecule has 2 amide bonds. The maximum atomic E-state index is 12.4. The van der Waals surface area contributed by atoms with Crippen molar-refractivity contribution in [2.45, 2.75) is 49.9 Å². The van der Waals surface area contributed by atoms with Crippen LogP contribution in [0.1, 0.15) is 44.1 Å². The highest BCUT2D eigenvalue weighted by molar-refractivity contribution is 7.98. The molecule has 0 fully saturated rings. The highest BCUT2D eigenvalue weighted by Crippen LogP contribution is 2.25. The van der Waals surface area contributed by atoms with Crippen LogP contribution in [0, 0.1) is 0 Å². The van der Waals surface area contributed by atoms with Crippen molar-refractivity contribution in [2.75, 3.05) is 19.7 Å². The van der Waals surface area contributed by atoms with Crippen LogP contribution < -0.4 is 15.4 Å². The summed E-state index contributed by atoms with van der Waals surface area (Å²) in [5.74, 6) is 1.09. The first-order valence-corrected chi connectivity index (χ1v) is 14.0. The van der Waals surface area contributed by atoms with Crippen LogP contribution in [-0.2, 0) is 21.7 Å². The molecule has 1 aromatic heterocycles. The first kappa shape index (κ1) is 29.8. The van der Waals surface area contributed by atoms with Gasteiger partial charge in [0.2, 0.25) is 5.91 Å². The third-order valence-corrected chi connectivity index (χ3v) is 6.32. The highest BCUT2D eigenvalue weighted by Gasteiger charge is 2.15.